The van der Waals surface area contributed by atoms with Crippen LogP contribution in [-0.4, -0.2) is 35.0 Å². The van der Waals surface area contributed by atoms with Gasteiger partial charge in [0.1, 0.15) is 34.6 Å². The summed E-state index contributed by atoms with van der Waals surface area (Å²) in [6, 6.07) is 1.65. The highest BCUT2D eigenvalue weighted by Crippen LogP contribution is 2.23. The summed E-state index contributed by atoms with van der Waals surface area (Å²) in [4.78, 5) is 34.1. The molecule has 3 aromatic heterocycles. The number of imidazole rings is 1. The number of rotatable bonds is 3. The molecule has 0 aliphatic heterocycles. The molecule has 4 aromatic rings. The van der Waals surface area contributed by atoms with Crippen LogP contribution in [0.25, 0.3) is 22.1 Å². The number of nitrogens with one attached hydrogen (secondary N) is 3. The Hall–Kier alpha value is -3.56. The second-order valence-corrected chi connectivity index (χ2v) is 5.46. The van der Waals surface area contributed by atoms with E-state index in [0.29, 0.717) is 17.0 Å². The van der Waals surface area contributed by atoms with E-state index >= 15 is 0 Å². The molecule has 126 valence electrons. The van der Waals surface area contributed by atoms with Gasteiger partial charge in [0.25, 0.3) is 5.56 Å². The molecular formula is C15H12FN7O2. The van der Waals surface area contributed by atoms with Crippen molar-refractivity contribution in [3.63, 3.8) is 0 Å². The van der Waals surface area contributed by atoms with Gasteiger partial charge in [0, 0.05) is 12.1 Å². The fourth-order valence-electron chi connectivity index (χ4n) is 2.58. The van der Waals surface area contributed by atoms with Crippen LogP contribution in [0, 0.1) is 5.82 Å². The number of anilines is 1. The number of H-pyrrole nitrogens is 2. The van der Waals surface area contributed by atoms with E-state index in [9.17, 15) is 14.3 Å². The Kier molecular flexibility index (Phi) is 3.31. The van der Waals surface area contributed by atoms with Crippen LogP contribution >= 0.6 is 0 Å². The first-order chi connectivity index (χ1) is 12.0. The van der Waals surface area contributed by atoms with E-state index in [1.54, 1.807) is 6.92 Å². The molecule has 0 saturated heterocycles. The summed E-state index contributed by atoms with van der Waals surface area (Å²) in [5, 5.41) is 12.4. The monoisotopic (exact) mass is 341 g/mol. The van der Waals surface area contributed by atoms with Gasteiger partial charge < -0.3 is 20.4 Å². The summed E-state index contributed by atoms with van der Waals surface area (Å²) in [6.45, 7) is 1.76. The Bertz CT molecular complexity index is 1150. The summed E-state index contributed by atoms with van der Waals surface area (Å²) in [7, 11) is 0. The summed E-state index contributed by atoms with van der Waals surface area (Å²) in [5.74, 6) is -0.371. The molecule has 0 amide bonds. The van der Waals surface area contributed by atoms with Crippen LogP contribution in [0.15, 0.2) is 29.6 Å². The Morgan fingerprint density at radius 2 is 2.12 bits per heavy atom. The molecular weight excluding hydrogens is 329 g/mol. The minimum Gasteiger partial charge on any atom is -0.508 e. The van der Waals surface area contributed by atoms with Crippen LogP contribution in [0.5, 0.6) is 5.75 Å². The van der Waals surface area contributed by atoms with E-state index in [-0.39, 0.29) is 22.5 Å². The highest BCUT2D eigenvalue weighted by Gasteiger charge is 2.16. The lowest BCUT2D eigenvalue weighted by Crippen LogP contribution is -2.19. The zero-order valence-electron chi connectivity index (χ0n) is 12.9. The molecule has 3 heterocycles. The van der Waals surface area contributed by atoms with Crippen LogP contribution in [0.2, 0.25) is 0 Å². The van der Waals surface area contributed by atoms with Gasteiger partial charge in [-0.05, 0) is 6.92 Å². The topological polar surface area (TPSA) is 132 Å². The van der Waals surface area contributed by atoms with Gasteiger partial charge in [-0.15, -0.1) is 0 Å². The number of phenolic OH excluding ortho intramolecular Hbond substituents is 1. The maximum atomic E-state index is 13.9. The number of aromatic hydroxyl groups is 1. The minimum absolute atomic E-state index is 0.0688. The SMILES string of the molecule is CC(Nc1ncnc2nc[nH]c12)c1nc2cc(O)cc(F)c2c(=O)[nH]1. The van der Waals surface area contributed by atoms with E-state index in [0.717, 1.165) is 6.07 Å². The second-order valence-electron chi connectivity index (χ2n) is 5.46. The predicted molar refractivity (Wildman–Crippen MR) is 87.7 cm³/mol. The van der Waals surface area contributed by atoms with Crippen LogP contribution in [0.3, 0.4) is 0 Å². The largest absolute Gasteiger partial charge is 0.508 e. The molecule has 0 bridgehead atoms. The van der Waals surface area contributed by atoms with Gasteiger partial charge in [-0.1, -0.05) is 0 Å². The second kappa shape index (κ2) is 5.51. The molecule has 10 heteroatoms. The normalized spacial score (nSPS) is 12.6. The molecule has 25 heavy (non-hydrogen) atoms. The molecule has 0 aliphatic rings. The van der Waals surface area contributed by atoms with E-state index in [2.05, 4.69) is 35.2 Å². The van der Waals surface area contributed by atoms with Crippen LogP contribution in [0.1, 0.15) is 18.8 Å². The third-order valence-corrected chi connectivity index (χ3v) is 3.75. The lowest BCUT2D eigenvalue weighted by atomic mass is 10.2. The van der Waals surface area contributed by atoms with E-state index in [4.69, 9.17) is 0 Å². The molecule has 0 spiro atoms. The number of halogens is 1. The number of hydrogen-bond acceptors (Lipinski definition) is 7. The van der Waals surface area contributed by atoms with Crippen LogP contribution in [0.4, 0.5) is 10.2 Å². The summed E-state index contributed by atoms with van der Waals surface area (Å²) >= 11 is 0. The summed E-state index contributed by atoms with van der Waals surface area (Å²) < 4.78 is 13.9. The third-order valence-electron chi connectivity index (χ3n) is 3.75. The number of benzene rings is 1. The third kappa shape index (κ3) is 2.53. The summed E-state index contributed by atoms with van der Waals surface area (Å²) in [6.07, 6.45) is 2.86. The number of aromatic amines is 2. The highest BCUT2D eigenvalue weighted by atomic mass is 19.1. The molecule has 9 nitrogen and oxygen atoms in total. The van der Waals surface area contributed by atoms with Gasteiger partial charge >= 0.3 is 0 Å². The summed E-state index contributed by atoms with van der Waals surface area (Å²) in [5.41, 5.74) is 0.553. The molecule has 4 N–H and O–H groups in total. The number of fused-ring (bicyclic) bond motifs is 2. The Morgan fingerprint density at radius 1 is 1.28 bits per heavy atom. The minimum atomic E-state index is -0.828. The van der Waals surface area contributed by atoms with Gasteiger partial charge in [-0.25, -0.2) is 24.3 Å². The lowest BCUT2D eigenvalue weighted by Gasteiger charge is -2.14. The number of aromatic nitrogens is 6. The molecule has 0 fully saturated rings. The van der Waals surface area contributed by atoms with Gasteiger partial charge in [-0.2, -0.15) is 0 Å². The highest BCUT2D eigenvalue weighted by molar-refractivity contribution is 5.82. The Balaban J connectivity index is 1.76. The average molecular weight is 341 g/mol. The van der Waals surface area contributed by atoms with Crippen molar-refractivity contribution in [3.8, 4) is 5.75 Å². The zero-order valence-corrected chi connectivity index (χ0v) is 12.9. The number of hydrogen-bond donors (Lipinski definition) is 4. The molecule has 1 atom stereocenters. The van der Waals surface area contributed by atoms with E-state index in [1.165, 1.54) is 18.7 Å². The first-order valence-corrected chi connectivity index (χ1v) is 7.36. The van der Waals surface area contributed by atoms with Crippen LogP contribution in [-0.2, 0) is 0 Å². The van der Waals surface area contributed by atoms with Crippen molar-refractivity contribution in [1.82, 2.24) is 29.9 Å². The maximum Gasteiger partial charge on any atom is 0.261 e. The quantitative estimate of drug-likeness (QED) is 0.445. The van der Waals surface area contributed by atoms with Crippen molar-refractivity contribution in [3.05, 3.63) is 46.8 Å². The Labute approximate surface area is 139 Å². The van der Waals surface area contributed by atoms with Crippen molar-refractivity contribution in [2.45, 2.75) is 13.0 Å². The van der Waals surface area contributed by atoms with Gasteiger partial charge in [0.05, 0.1) is 17.9 Å². The molecule has 4 rings (SSSR count). The van der Waals surface area contributed by atoms with Crippen molar-refractivity contribution < 1.29 is 9.50 Å². The van der Waals surface area contributed by atoms with Gasteiger partial charge in [0.15, 0.2) is 11.5 Å². The fourth-order valence-corrected chi connectivity index (χ4v) is 2.58. The van der Waals surface area contributed by atoms with Crippen molar-refractivity contribution >= 4 is 27.9 Å². The van der Waals surface area contributed by atoms with E-state index in [1.807, 2.05) is 0 Å². The van der Waals surface area contributed by atoms with Gasteiger partial charge in [-0.3, -0.25) is 4.79 Å². The first-order valence-electron chi connectivity index (χ1n) is 7.36. The fraction of sp³-hybridized carbons (Fsp3) is 0.133. The number of nitrogens with zero attached hydrogens (tertiary/aromatic N) is 4. The molecule has 0 saturated carbocycles. The molecule has 1 aromatic carbocycles. The van der Waals surface area contributed by atoms with Crippen molar-refractivity contribution in [2.24, 2.45) is 0 Å². The zero-order chi connectivity index (χ0) is 17.6. The lowest BCUT2D eigenvalue weighted by molar-refractivity contribution is 0.470. The smallest absolute Gasteiger partial charge is 0.261 e. The predicted octanol–water partition coefficient (Wildman–Crippen LogP) is 1.61. The van der Waals surface area contributed by atoms with Crippen LogP contribution < -0.4 is 10.9 Å². The average Bonchev–Trinajstić information content (AvgIpc) is 3.03. The Morgan fingerprint density at radius 3 is 2.96 bits per heavy atom. The molecule has 0 aliphatic carbocycles. The maximum absolute atomic E-state index is 13.9. The first kappa shape index (κ1) is 15.0. The van der Waals surface area contributed by atoms with E-state index < -0.39 is 17.4 Å². The van der Waals surface area contributed by atoms with Gasteiger partial charge in [0.2, 0.25) is 0 Å². The molecule has 1 unspecified atom stereocenters. The van der Waals surface area contributed by atoms with Crippen molar-refractivity contribution in [1.29, 1.82) is 0 Å². The van der Waals surface area contributed by atoms with Crippen molar-refractivity contribution in [2.75, 3.05) is 5.32 Å². The standard InChI is InChI=1S/C15H12FN7O2/c1-6(21-14-11-13(18-4-17-11)19-5-20-14)12-22-9-3-7(24)2-8(16)10(9)15(25)23-12/h2-6,24H,1H3,(H,22,23,25)(H2,17,18,19,20,21). The number of phenols is 1. The molecule has 0 radical (unpaired) electrons.